The smallest absolute Gasteiger partial charge is 0.305 e. The first-order chi connectivity index (χ1) is 18.1. The summed E-state index contributed by atoms with van der Waals surface area (Å²) in [4.78, 5) is 40.3. The van der Waals surface area contributed by atoms with Crippen LogP contribution in [0, 0.1) is 5.92 Å². The third-order valence-electron chi connectivity index (χ3n) is 6.41. The van der Waals surface area contributed by atoms with Crippen LogP contribution >= 0.6 is 0 Å². The number of amides is 3. The van der Waals surface area contributed by atoms with Crippen molar-refractivity contribution in [3.8, 4) is 5.75 Å². The lowest BCUT2D eigenvalue weighted by molar-refractivity contribution is -0.127. The van der Waals surface area contributed by atoms with Crippen molar-refractivity contribution >= 4 is 28.5 Å². The van der Waals surface area contributed by atoms with Crippen molar-refractivity contribution in [3.05, 3.63) is 102 Å². The van der Waals surface area contributed by atoms with Crippen LogP contribution in [-0.2, 0) is 11.4 Å². The minimum absolute atomic E-state index is 0.0587. The predicted molar refractivity (Wildman–Crippen MR) is 138 cm³/mol. The van der Waals surface area contributed by atoms with Crippen LogP contribution in [0.25, 0.3) is 10.8 Å². The van der Waals surface area contributed by atoms with Crippen molar-refractivity contribution in [1.29, 1.82) is 0 Å². The van der Waals surface area contributed by atoms with E-state index < -0.39 is 11.8 Å². The highest BCUT2D eigenvalue weighted by Gasteiger charge is 2.30. The van der Waals surface area contributed by atoms with E-state index in [4.69, 9.17) is 9.15 Å². The zero-order valence-corrected chi connectivity index (χ0v) is 20.2. The fraction of sp³-hybridized carbons (Fsp3) is 0.207. The van der Waals surface area contributed by atoms with Gasteiger partial charge in [0.25, 0.3) is 5.91 Å². The Labute approximate surface area is 214 Å². The molecule has 188 valence electrons. The minimum Gasteiger partial charge on any atom is -0.486 e. The van der Waals surface area contributed by atoms with Gasteiger partial charge in [0, 0.05) is 18.7 Å². The quantitative estimate of drug-likeness (QED) is 0.386. The van der Waals surface area contributed by atoms with Crippen molar-refractivity contribution < 1.29 is 23.5 Å². The average Bonchev–Trinajstić information content (AvgIpc) is 3.44. The second kappa shape index (κ2) is 11.0. The molecule has 1 aliphatic rings. The van der Waals surface area contributed by atoms with Gasteiger partial charge in [0.15, 0.2) is 5.76 Å². The first-order valence-corrected chi connectivity index (χ1v) is 12.2. The molecule has 0 radical (unpaired) electrons. The molecule has 0 saturated carbocycles. The number of ether oxygens (including phenoxy) is 1. The number of nitrogens with zero attached hydrogens (tertiary/aromatic N) is 1. The topological polar surface area (TPSA) is 101 Å². The Morgan fingerprint density at radius 2 is 1.68 bits per heavy atom. The number of hydrazine groups is 1. The standard InChI is InChI=1S/C29H27N3O5/c33-27(30-31-28(34)26-16-15-23(37-26)19-36-22-11-2-1-3-12-22)21-10-7-17-32(18-21)29(35)25-14-6-9-20-8-4-5-13-24(20)25/h1-6,8-9,11-16,21H,7,10,17-19H2,(H,30,33)(H,31,34). The minimum atomic E-state index is -0.571. The van der Waals surface area contributed by atoms with Gasteiger partial charge in [-0.3, -0.25) is 25.2 Å². The Balaban J connectivity index is 1.14. The Morgan fingerprint density at radius 1 is 0.892 bits per heavy atom. The highest BCUT2D eigenvalue weighted by Crippen LogP contribution is 2.23. The van der Waals surface area contributed by atoms with Crippen LogP contribution in [0.15, 0.2) is 89.3 Å². The molecule has 2 heterocycles. The molecule has 5 rings (SSSR count). The molecule has 2 N–H and O–H groups in total. The summed E-state index contributed by atoms with van der Waals surface area (Å²) >= 11 is 0. The van der Waals surface area contributed by atoms with Crippen LogP contribution in [-0.4, -0.2) is 35.7 Å². The van der Waals surface area contributed by atoms with E-state index in [-0.39, 0.29) is 30.7 Å². The highest BCUT2D eigenvalue weighted by molar-refractivity contribution is 6.07. The molecule has 0 bridgehead atoms. The number of para-hydroxylation sites is 1. The van der Waals surface area contributed by atoms with Gasteiger partial charge < -0.3 is 14.1 Å². The summed E-state index contributed by atoms with van der Waals surface area (Å²) in [7, 11) is 0. The summed E-state index contributed by atoms with van der Waals surface area (Å²) in [5.41, 5.74) is 5.51. The molecule has 0 aliphatic carbocycles. The van der Waals surface area contributed by atoms with Crippen LogP contribution < -0.4 is 15.6 Å². The zero-order valence-electron chi connectivity index (χ0n) is 20.2. The molecule has 1 aliphatic heterocycles. The number of carbonyl (C=O) groups is 3. The molecule has 1 atom stereocenters. The van der Waals surface area contributed by atoms with Gasteiger partial charge in [-0.2, -0.15) is 0 Å². The highest BCUT2D eigenvalue weighted by atomic mass is 16.5. The monoisotopic (exact) mass is 497 g/mol. The summed E-state index contributed by atoms with van der Waals surface area (Å²) in [6, 6.07) is 25.9. The molecule has 1 unspecified atom stereocenters. The van der Waals surface area contributed by atoms with Gasteiger partial charge in [-0.1, -0.05) is 54.6 Å². The van der Waals surface area contributed by atoms with Gasteiger partial charge in [0.05, 0.1) is 5.92 Å². The molecule has 1 aromatic heterocycles. The lowest BCUT2D eigenvalue weighted by Gasteiger charge is -2.32. The maximum absolute atomic E-state index is 13.3. The van der Waals surface area contributed by atoms with E-state index in [9.17, 15) is 14.4 Å². The normalized spacial score (nSPS) is 15.2. The van der Waals surface area contributed by atoms with Crippen LogP contribution in [0.3, 0.4) is 0 Å². The number of piperidine rings is 1. The van der Waals surface area contributed by atoms with Crippen LogP contribution in [0.2, 0.25) is 0 Å². The van der Waals surface area contributed by atoms with E-state index >= 15 is 0 Å². The molecule has 1 fully saturated rings. The first-order valence-electron chi connectivity index (χ1n) is 12.2. The maximum Gasteiger partial charge on any atom is 0.305 e. The molecular formula is C29H27N3O5. The average molecular weight is 498 g/mol. The zero-order chi connectivity index (χ0) is 25.6. The fourth-order valence-corrected chi connectivity index (χ4v) is 4.49. The van der Waals surface area contributed by atoms with E-state index in [1.807, 2.05) is 72.8 Å². The Bertz CT molecular complexity index is 1410. The molecule has 37 heavy (non-hydrogen) atoms. The number of hydrogen-bond acceptors (Lipinski definition) is 5. The van der Waals surface area contributed by atoms with Gasteiger partial charge >= 0.3 is 5.91 Å². The number of rotatable bonds is 6. The van der Waals surface area contributed by atoms with Crippen molar-refractivity contribution in [2.24, 2.45) is 5.92 Å². The lowest BCUT2D eigenvalue weighted by Crippen LogP contribution is -2.50. The summed E-state index contributed by atoms with van der Waals surface area (Å²) < 4.78 is 11.2. The molecule has 8 heteroatoms. The van der Waals surface area contributed by atoms with Crippen LogP contribution in [0.1, 0.15) is 39.5 Å². The molecule has 1 saturated heterocycles. The van der Waals surface area contributed by atoms with Gasteiger partial charge in [0.1, 0.15) is 18.1 Å². The SMILES string of the molecule is O=C(NNC(=O)C1CCCN(C(=O)c2cccc3ccccc23)C1)c1ccc(COc2ccccc2)o1. The third-order valence-corrected chi connectivity index (χ3v) is 6.41. The summed E-state index contributed by atoms with van der Waals surface area (Å²) in [5, 5.41) is 1.89. The van der Waals surface area contributed by atoms with Gasteiger partial charge in [0.2, 0.25) is 5.91 Å². The van der Waals surface area contributed by atoms with Crippen molar-refractivity contribution in [3.63, 3.8) is 0 Å². The van der Waals surface area contributed by atoms with E-state index in [0.29, 0.717) is 36.5 Å². The molecule has 8 nitrogen and oxygen atoms in total. The van der Waals surface area contributed by atoms with Crippen molar-refractivity contribution in [2.45, 2.75) is 19.4 Å². The maximum atomic E-state index is 13.3. The molecule has 4 aromatic rings. The summed E-state index contributed by atoms with van der Waals surface area (Å²) in [5.74, 6) is -0.212. The lowest BCUT2D eigenvalue weighted by atomic mass is 9.96. The van der Waals surface area contributed by atoms with Crippen LogP contribution in [0.5, 0.6) is 5.75 Å². The second-order valence-corrected chi connectivity index (χ2v) is 8.93. The van der Waals surface area contributed by atoms with Crippen molar-refractivity contribution in [1.82, 2.24) is 15.8 Å². The third kappa shape index (κ3) is 5.64. The molecule has 0 spiro atoms. The second-order valence-electron chi connectivity index (χ2n) is 8.93. The number of hydrogen-bond donors (Lipinski definition) is 2. The Morgan fingerprint density at radius 3 is 2.54 bits per heavy atom. The first kappa shape index (κ1) is 24.1. The van der Waals surface area contributed by atoms with Crippen LogP contribution in [0.4, 0.5) is 0 Å². The van der Waals surface area contributed by atoms with E-state index in [1.165, 1.54) is 6.07 Å². The number of nitrogens with one attached hydrogen (secondary N) is 2. The number of benzene rings is 3. The van der Waals surface area contributed by atoms with Crippen molar-refractivity contribution in [2.75, 3.05) is 13.1 Å². The fourth-order valence-electron chi connectivity index (χ4n) is 4.49. The number of furan rings is 1. The molecular weight excluding hydrogens is 470 g/mol. The Kier molecular flexibility index (Phi) is 7.16. The summed E-state index contributed by atoms with van der Waals surface area (Å²) in [6.45, 7) is 1.04. The number of carbonyl (C=O) groups excluding carboxylic acids is 3. The Hall–Kier alpha value is -4.59. The summed E-state index contributed by atoms with van der Waals surface area (Å²) in [6.07, 6.45) is 1.33. The predicted octanol–water partition coefficient (Wildman–Crippen LogP) is 4.33. The largest absolute Gasteiger partial charge is 0.486 e. The molecule has 3 amide bonds. The van der Waals surface area contributed by atoms with E-state index in [0.717, 1.165) is 10.8 Å². The van der Waals surface area contributed by atoms with Gasteiger partial charge in [-0.15, -0.1) is 0 Å². The van der Waals surface area contributed by atoms with Gasteiger partial charge in [-0.05, 0) is 53.9 Å². The van der Waals surface area contributed by atoms with E-state index in [1.54, 1.807) is 11.0 Å². The van der Waals surface area contributed by atoms with E-state index in [2.05, 4.69) is 10.9 Å². The molecule has 3 aromatic carbocycles. The number of fused-ring (bicyclic) bond motifs is 1. The van der Waals surface area contributed by atoms with Gasteiger partial charge in [-0.25, -0.2) is 0 Å². The number of likely N-dealkylation sites (tertiary alicyclic amines) is 1.